The predicted octanol–water partition coefficient (Wildman–Crippen LogP) is 5.22. The lowest BCUT2D eigenvalue weighted by molar-refractivity contribution is 0.0600. The minimum atomic E-state index is -0.329. The van der Waals surface area contributed by atoms with Crippen molar-refractivity contribution in [1.29, 1.82) is 0 Å². The summed E-state index contributed by atoms with van der Waals surface area (Å²) < 4.78 is 10.6. The Morgan fingerprint density at radius 2 is 1.76 bits per heavy atom. The van der Waals surface area contributed by atoms with Gasteiger partial charge in [-0.1, -0.05) is 44.7 Å². The minimum absolute atomic E-state index is 0. The highest BCUT2D eigenvalue weighted by atomic mass is 35.5. The smallest absolute Gasteiger partial charge is 0.337 e. The molecule has 0 aliphatic carbocycles. The predicted molar refractivity (Wildman–Crippen MR) is 103 cm³/mol. The number of methoxy groups -OCH3 is 1. The topological polar surface area (TPSA) is 51.5 Å². The van der Waals surface area contributed by atoms with Crippen LogP contribution in [0.25, 0.3) is 11.3 Å². The van der Waals surface area contributed by atoms with Crippen LogP contribution in [-0.4, -0.2) is 19.6 Å². The molecule has 1 aromatic carbocycles. The maximum Gasteiger partial charge on any atom is 0.337 e. The van der Waals surface area contributed by atoms with E-state index in [0.29, 0.717) is 5.56 Å². The van der Waals surface area contributed by atoms with Gasteiger partial charge in [0.2, 0.25) is 0 Å². The average Bonchev–Trinajstić information content (AvgIpc) is 3.09. The molecular formula is C20H28ClNO3. The SMILES string of the molecule is CCCCCCCNCc1ccc(-c2ccc(C(=O)OC)cc2)o1.Cl. The Morgan fingerprint density at radius 3 is 2.44 bits per heavy atom. The molecule has 2 rings (SSSR count). The fraction of sp³-hybridized carbons (Fsp3) is 0.450. The number of hydrogen-bond donors (Lipinski definition) is 1. The number of halogens is 1. The van der Waals surface area contributed by atoms with Crippen LogP contribution < -0.4 is 5.32 Å². The number of unbranched alkanes of at least 4 members (excludes halogenated alkanes) is 4. The molecule has 0 amide bonds. The van der Waals surface area contributed by atoms with Gasteiger partial charge in [-0.3, -0.25) is 0 Å². The van der Waals surface area contributed by atoms with Crippen molar-refractivity contribution in [3.05, 3.63) is 47.7 Å². The van der Waals surface area contributed by atoms with Crippen molar-refractivity contribution < 1.29 is 13.9 Å². The van der Waals surface area contributed by atoms with Gasteiger partial charge in [0.25, 0.3) is 0 Å². The Labute approximate surface area is 156 Å². The second kappa shape index (κ2) is 11.7. The van der Waals surface area contributed by atoms with Crippen LogP contribution in [-0.2, 0) is 11.3 Å². The van der Waals surface area contributed by atoms with Gasteiger partial charge in [0.1, 0.15) is 11.5 Å². The maximum absolute atomic E-state index is 11.4. The number of carbonyl (C=O) groups excluding carboxylic acids is 1. The number of ether oxygens (including phenoxy) is 1. The van der Waals surface area contributed by atoms with E-state index in [1.165, 1.54) is 39.2 Å². The van der Waals surface area contributed by atoms with Gasteiger partial charge in [-0.25, -0.2) is 4.79 Å². The third-order valence-corrected chi connectivity index (χ3v) is 4.01. The van der Waals surface area contributed by atoms with Crippen LogP contribution in [0, 0.1) is 0 Å². The molecule has 0 bridgehead atoms. The van der Waals surface area contributed by atoms with Crippen molar-refractivity contribution in [2.45, 2.75) is 45.6 Å². The standard InChI is InChI=1S/C20H27NO3.ClH/c1-3-4-5-6-7-14-21-15-18-12-13-19(24-18)16-8-10-17(11-9-16)20(22)23-2;/h8-13,21H,3-7,14-15H2,1-2H3;1H. The van der Waals surface area contributed by atoms with E-state index < -0.39 is 0 Å². The zero-order valence-electron chi connectivity index (χ0n) is 15.0. The number of benzene rings is 1. The van der Waals surface area contributed by atoms with Gasteiger partial charge in [-0.05, 0) is 37.2 Å². The number of rotatable bonds is 10. The fourth-order valence-corrected chi connectivity index (χ4v) is 2.58. The van der Waals surface area contributed by atoms with Crippen LogP contribution in [0.3, 0.4) is 0 Å². The quantitative estimate of drug-likeness (QED) is 0.463. The lowest BCUT2D eigenvalue weighted by atomic mass is 10.1. The third-order valence-electron chi connectivity index (χ3n) is 4.01. The molecule has 0 radical (unpaired) electrons. The van der Waals surface area contributed by atoms with E-state index >= 15 is 0 Å². The van der Waals surface area contributed by atoms with Gasteiger partial charge in [0.15, 0.2) is 0 Å². The van der Waals surface area contributed by atoms with E-state index in [-0.39, 0.29) is 18.4 Å². The number of esters is 1. The van der Waals surface area contributed by atoms with Crippen LogP contribution in [0.5, 0.6) is 0 Å². The summed E-state index contributed by atoms with van der Waals surface area (Å²) in [5, 5.41) is 3.42. The van der Waals surface area contributed by atoms with Crippen molar-refractivity contribution in [2.75, 3.05) is 13.7 Å². The lowest BCUT2D eigenvalue weighted by Crippen LogP contribution is -2.14. The highest BCUT2D eigenvalue weighted by Crippen LogP contribution is 2.22. The summed E-state index contributed by atoms with van der Waals surface area (Å²) in [5.74, 6) is 1.41. The molecule has 4 nitrogen and oxygen atoms in total. The molecule has 138 valence electrons. The second-order valence-corrected chi connectivity index (χ2v) is 5.93. The third kappa shape index (κ3) is 6.92. The zero-order valence-corrected chi connectivity index (χ0v) is 15.9. The molecule has 2 aromatic rings. The Bertz CT molecular complexity index is 622. The Hall–Kier alpha value is -1.78. The summed E-state index contributed by atoms with van der Waals surface area (Å²) in [6, 6.07) is 11.2. The summed E-state index contributed by atoms with van der Waals surface area (Å²) >= 11 is 0. The minimum Gasteiger partial charge on any atom is -0.465 e. The monoisotopic (exact) mass is 365 g/mol. The van der Waals surface area contributed by atoms with Gasteiger partial charge in [0.05, 0.1) is 19.2 Å². The molecule has 0 aliphatic heterocycles. The van der Waals surface area contributed by atoms with Gasteiger partial charge < -0.3 is 14.5 Å². The largest absolute Gasteiger partial charge is 0.465 e. The van der Waals surface area contributed by atoms with Crippen molar-refractivity contribution in [2.24, 2.45) is 0 Å². The normalized spacial score (nSPS) is 10.3. The summed E-state index contributed by atoms with van der Waals surface area (Å²) in [6.07, 6.45) is 6.43. The molecule has 1 aromatic heterocycles. The molecule has 0 spiro atoms. The van der Waals surface area contributed by atoms with Crippen molar-refractivity contribution >= 4 is 18.4 Å². The number of carbonyl (C=O) groups is 1. The second-order valence-electron chi connectivity index (χ2n) is 5.93. The van der Waals surface area contributed by atoms with Crippen LogP contribution >= 0.6 is 12.4 Å². The Balaban J connectivity index is 0.00000312. The Kier molecular flexibility index (Phi) is 9.97. The fourth-order valence-electron chi connectivity index (χ4n) is 2.58. The number of furan rings is 1. The van der Waals surface area contributed by atoms with E-state index in [0.717, 1.165) is 30.2 Å². The molecule has 1 N–H and O–H groups in total. The van der Waals surface area contributed by atoms with Gasteiger partial charge in [0, 0.05) is 5.56 Å². The van der Waals surface area contributed by atoms with Gasteiger partial charge in [-0.15, -0.1) is 12.4 Å². The highest BCUT2D eigenvalue weighted by molar-refractivity contribution is 5.89. The van der Waals surface area contributed by atoms with E-state index in [1.54, 1.807) is 12.1 Å². The highest BCUT2D eigenvalue weighted by Gasteiger charge is 2.08. The van der Waals surface area contributed by atoms with Crippen LogP contribution in [0.1, 0.15) is 55.1 Å². The van der Waals surface area contributed by atoms with Crippen molar-refractivity contribution in [3.8, 4) is 11.3 Å². The molecule has 0 atom stereocenters. The van der Waals surface area contributed by atoms with Crippen molar-refractivity contribution in [1.82, 2.24) is 5.32 Å². The van der Waals surface area contributed by atoms with E-state index in [4.69, 9.17) is 9.15 Å². The molecular weight excluding hydrogens is 338 g/mol. The first-order valence-corrected chi connectivity index (χ1v) is 8.72. The first-order valence-electron chi connectivity index (χ1n) is 8.72. The number of nitrogens with one attached hydrogen (secondary N) is 1. The van der Waals surface area contributed by atoms with Crippen LogP contribution in [0.2, 0.25) is 0 Å². The van der Waals surface area contributed by atoms with E-state index in [1.807, 2.05) is 24.3 Å². The molecule has 0 saturated heterocycles. The summed E-state index contributed by atoms with van der Waals surface area (Å²) in [4.78, 5) is 11.4. The zero-order chi connectivity index (χ0) is 17.2. The summed E-state index contributed by atoms with van der Waals surface area (Å²) in [7, 11) is 1.38. The van der Waals surface area contributed by atoms with Crippen LogP contribution in [0.4, 0.5) is 0 Å². The van der Waals surface area contributed by atoms with Gasteiger partial charge in [-0.2, -0.15) is 0 Å². The molecule has 0 unspecified atom stereocenters. The van der Waals surface area contributed by atoms with Crippen LogP contribution in [0.15, 0.2) is 40.8 Å². The van der Waals surface area contributed by atoms with E-state index in [9.17, 15) is 4.79 Å². The van der Waals surface area contributed by atoms with Gasteiger partial charge >= 0.3 is 5.97 Å². The molecule has 1 heterocycles. The van der Waals surface area contributed by atoms with Crippen molar-refractivity contribution in [3.63, 3.8) is 0 Å². The lowest BCUT2D eigenvalue weighted by Gasteiger charge is -2.03. The molecule has 0 saturated carbocycles. The average molecular weight is 366 g/mol. The van der Waals surface area contributed by atoms with E-state index in [2.05, 4.69) is 12.2 Å². The molecule has 0 aliphatic rings. The molecule has 5 heteroatoms. The maximum atomic E-state index is 11.4. The summed E-state index contributed by atoms with van der Waals surface area (Å²) in [5.41, 5.74) is 1.49. The first kappa shape index (κ1) is 21.3. The Morgan fingerprint density at radius 1 is 1.04 bits per heavy atom. The molecule has 0 fully saturated rings. The first-order chi connectivity index (χ1) is 11.7. The number of hydrogen-bond acceptors (Lipinski definition) is 4. The summed E-state index contributed by atoms with van der Waals surface area (Å²) in [6.45, 7) is 4.00. The molecule has 25 heavy (non-hydrogen) atoms.